The van der Waals surface area contributed by atoms with Crippen LogP contribution in [0.2, 0.25) is 0 Å². The zero-order valence-electron chi connectivity index (χ0n) is 15.7. The highest BCUT2D eigenvalue weighted by Gasteiger charge is 2.17. The summed E-state index contributed by atoms with van der Waals surface area (Å²) in [6, 6.07) is 7.67. The molecule has 2 aromatic rings. The molecule has 0 atom stereocenters. The number of anilines is 1. The molecule has 8 nitrogen and oxygen atoms in total. The molecule has 3 amide bonds. The molecule has 0 heterocycles. The Labute approximate surface area is 178 Å². The summed E-state index contributed by atoms with van der Waals surface area (Å²) in [5.41, 5.74) is 4.59. The number of nitrogens with two attached hydrogens (primary N) is 1. The van der Waals surface area contributed by atoms with Crippen molar-refractivity contribution in [3.8, 4) is 0 Å². The van der Waals surface area contributed by atoms with Crippen LogP contribution in [0.1, 0.15) is 10.4 Å². The molecular weight excluding hydrogens is 439 g/mol. The molecule has 0 aromatic heterocycles. The zero-order chi connectivity index (χ0) is 23.0. The molecule has 0 radical (unpaired) electrons. The standard InChI is InChI=1S/C19H16F3N3O5S/c20-11-5-6-12(18(22)17(11)21)25-15(27)7-24-16(28)8-30-19(29)10-3-1-2-4-13(10)31-9-14(23)26/h1-6H,7-9H2,(H2,23,26)(H,24,28)(H,25,27). The third-order valence-corrected chi connectivity index (χ3v) is 4.66. The fourth-order valence-electron chi connectivity index (χ4n) is 2.17. The van der Waals surface area contributed by atoms with E-state index in [4.69, 9.17) is 10.5 Å². The number of rotatable bonds is 9. The first-order chi connectivity index (χ1) is 14.7. The maximum Gasteiger partial charge on any atom is 0.339 e. The van der Waals surface area contributed by atoms with Gasteiger partial charge < -0.3 is 21.1 Å². The first-order valence-corrected chi connectivity index (χ1v) is 9.55. The number of carbonyl (C=O) groups is 4. The first kappa shape index (κ1) is 23.7. The van der Waals surface area contributed by atoms with Gasteiger partial charge in [-0.1, -0.05) is 12.1 Å². The number of halogens is 3. The van der Waals surface area contributed by atoms with Gasteiger partial charge in [0.15, 0.2) is 24.1 Å². The van der Waals surface area contributed by atoms with Crippen LogP contribution in [0.3, 0.4) is 0 Å². The van der Waals surface area contributed by atoms with E-state index >= 15 is 0 Å². The molecule has 0 aliphatic carbocycles. The van der Waals surface area contributed by atoms with Crippen molar-refractivity contribution in [3.63, 3.8) is 0 Å². The zero-order valence-corrected chi connectivity index (χ0v) is 16.6. The van der Waals surface area contributed by atoms with Crippen molar-refractivity contribution < 1.29 is 37.1 Å². The lowest BCUT2D eigenvalue weighted by Crippen LogP contribution is -2.35. The number of esters is 1. The van der Waals surface area contributed by atoms with E-state index in [1.165, 1.54) is 6.07 Å². The third-order valence-electron chi connectivity index (χ3n) is 3.57. The minimum atomic E-state index is -1.75. The van der Waals surface area contributed by atoms with Gasteiger partial charge in [-0.3, -0.25) is 14.4 Å². The molecule has 0 saturated heterocycles. The van der Waals surface area contributed by atoms with Crippen LogP contribution in [0.15, 0.2) is 41.3 Å². The predicted molar refractivity (Wildman–Crippen MR) is 105 cm³/mol. The first-order valence-electron chi connectivity index (χ1n) is 8.56. The van der Waals surface area contributed by atoms with Crippen LogP contribution in [0, 0.1) is 17.5 Å². The maximum atomic E-state index is 13.5. The molecule has 31 heavy (non-hydrogen) atoms. The van der Waals surface area contributed by atoms with Crippen LogP contribution in [0.4, 0.5) is 18.9 Å². The molecule has 4 N–H and O–H groups in total. The molecule has 2 aromatic carbocycles. The van der Waals surface area contributed by atoms with Gasteiger partial charge in [-0.25, -0.2) is 18.0 Å². The number of hydrogen-bond acceptors (Lipinski definition) is 6. The smallest absolute Gasteiger partial charge is 0.339 e. The molecule has 0 aliphatic heterocycles. The van der Waals surface area contributed by atoms with Gasteiger partial charge in [0, 0.05) is 4.90 Å². The lowest BCUT2D eigenvalue weighted by molar-refractivity contribution is -0.126. The average Bonchev–Trinajstić information content (AvgIpc) is 2.75. The van der Waals surface area contributed by atoms with Gasteiger partial charge >= 0.3 is 5.97 Å². The van der Waals surface area contributed by atoms with Crippen LogP contribution in [0.5, 0.6) is 0 Å². The largest absolute Gasteiger partial charge is 0.452 e. The van der Waals surface area contributed by atoms with E-state index in [2.05, 4.69) is 5.32 Å². The highest BCUT2D eigenvalue weighted by molar-refractivity contribution is 8.00. The Kier molecular flexibility index (Phi) is 8.43. The summed E-state index contributed by atoms with van der Waals surface area (Å²) in [5, 5.41) is 4.10. The second-order valence-corrected chi connectivity index (χ2v) is 6.89. The number of benzene rings is 2. The predicted octanol–water partition coefficient (Wildman–Crippen LogP) is 1.59. The number of ether oxygens (including phenoxy) is 1. The Balaban J connectivity index is 1.83. The van der Waals surface area contributed by atoms with Gasteiger partial charge in [0.25, 0.3) is 5.91 Å². The molecular formula is C19H16F3N3O5S. The van der Waals surface area contributed by atoms with Crippen LogP contribution >= 0.6 is 11.8 Å². The van der Waals surface area contributed by atoms with Crippen LogP contribution in [0.25, 0.3) is 0 Å². The lowest BCUT2D eigenvalue weighted by Gasteiger charge is -2.10. The number of carbonyl (C=O) groups excluding carboxylic acids is 4. The molecule has 0 saturated carbocycles. The topological polar surface area (TPSA) is 128 Å². The maximum absolute atomic E-state index is 13.5. The van der Waals surface area contributed by atoms with E-state index in [0.29, 0.717) is 11.0 Å². The normalized spacial score (nSPS) is 10.3. The highest BCUT2D eigenvalue weighted by Crippen LogP contribution is 2.23. The van der Waals surface area contributed by atoms with E-state index in [1.54, 1.807) is 18.2 Å². The van der Waals surface area contributed by atoms with Crippen molar-refractivity contribution >= 4 is 41.1 Å². The van der Waals surface area contributed by atoms with Crippen molar-refractivity contribution in [3.05, 3.63) is 59.4 Å². The third kappa shape index (κ3) is 7.03. The number of amides is 3. The summed E-state index contributed by atoms with van der Waals surface area (Å²) in [6.45, 7) is -1.36. The minimum absolute atomic E-state index is 0.0571. The van der Waals surface area contributed by atoms with Crippen LogP contribution in [-0.2, 0) is 19.1 Å². The van der Waals surface area contributed by atoms with Crippen molar-refractivity contribution in [2.45, 2.75) is 4.90 Å². The summed E-state index contributed by atoms with van der Waals surface area (Å²) < 4.78 is 44.4. The van der Waals surface area contributed by atoms with E-state index in [9.17, 15) is 32.3 Å². The molecule has 164 valence electrons. The summed E-state index contributed by atoms with van der Waals surface area (Å²) in [7, 11) is 0. The van der Waals surface area contributed by atoms with E-state index < -0.39 is 60.0 Å². The van der Waals surface area contributed by atoms with Crippen molar-refractivity contribution in [1.82, 2.24) is 5.32 Å². The van der Waals surface area contributed by atoms with E-state index in [0.717, 1.165) is 17.8 Å². The van der Waals surface area contributed by atoms with Gasteiger partial charge in [-0.2, -0.15) is 0 Å². The summed E-state index contributed by atoms with van der Waals surface area (Å²) in [5.74, 6) is -7.97. The quantitative estimate of drug-likeness (QED) is 0.299. The molecule has 2 rings (SSSR count). The van der Waals surface area contributed by atoms with E-state index in [1.807, 2.05) is 5.32 Å². The Hall–Kier alpha value is -3.54. The Bertz CT molecular complexity index is 1020. The molecule has 0 spiro atoms. The van der Waals surface area contributed by atoms with Crippen molar-refractivity contribution in [1.29, 1.82) is 0 Å². The fraction of sp³-hybridized carbons (Fsp3) is 0.158. The van der Waals surface area contributed by atoms with Crippen molar-refractivity contribution in [2.24, 2.45) is 5.73 Å². The van der Waals surface area contributed by atoms with Gasteiger partial charge in [0.1, 0.15) is 0 Å². The van der Waals surface area contributed by atoms with Gasteiger partial charge in [0.2, 0.25) is 11.8 Å². The van der Waals surface area contributed by atoms with Gasteiger partial charge in [-0.15, -0.1) is 11.8 Å². The number of thioether (sulfide) groups is 1. The number of primary amides is 1. The second-order valence-electron chi connectivity index (χ2n) is 5.88. The summed E-state index contributed by atoms with van der Waals surface area (Å²) in [6.07, 6.45) is 0. The van der Waals surface area contributed by atoms with E-state index in [-0.39, 0.29) is 11.3 Å². The minimum Gasteiger partial charge on any atom is -0.452 e. The highest BCUT2D eigenvalue weighted by atomic mass is 32.2. The molecule has 0 unspecified atom stereocenters. The van der Waals surface area contributed by atoms with Gasteiger partial charge in [0.05, 0.1) is 23.5 Å². The Morgan fingerprint density at radius 2 is 1.68 bits per heavy atom. The summed E-state index contributed by atoms with van der Waals surface area (Å²) >= 11 is 1.03. The van der Waals surface area contributed by atoms with Crippen LogP contribution in [-0.4, -0.2) is 42.6 Å². The molecule has 0 bridgehead atoms. The summed E-state index contributed by atoms with van der Waals surface area (Å²) in [4.78, 5) is 47.0. The molecule has 12 heteroatoms. The lowest BCUT2D eigenvalue weighted by atomic mass is 10.2. The monoisotopic (exact) mass is 455 g/mol. The number of nitrogens with one attached hydrogen (secondary N) is 2. The molecule has 0 fully saturated rings. The Morgan fingerprint density at radius 1 is 0.968 bits per heavy atom. The SMILES string of the molecule is NC(=O)CSc1ccccc1C(=O)OCC(=O)NCC(=O)Nc1ccc(F)c(F)c1F. The van der Waals surface area contributed by atoms with Gasteiger partial charge in [-0.05, 0) is 24.3 Å². The number of hydrogen-bond donors (Lipinski definition) is 3. The average molecular weight is 455 g/mol. The fourth-order valence-corrected chi connectivity index (χ4v) is 2.95. The second kappa shape index (κ2) is 11.0. The molecule has 0 aliphatic rings. The van der Waals surface area contributed by atoms with Crippen LogP contribution < -0.4 is 16.4 Å². The Morgan fingerprint density at radius 3 is 2.39 bits per heavy atom. The van der Waals surface area contributed by atoms with Crippen molar-refractivity contribution in [2.75, 3.05) is 24.2 Å².